The Morgan fingerprint density at radius 3 is 2.79 bits per heavy atom. The highest BCUT2D eigenvalue weighted by Crippen LogP contribution is 2.34. The minimum absolute atomic E-state index is 0.0539. The normalized spacial score (nSPS) is 23.7. The molecule has 2 N–H and O–H groups in total. The lowest BCUT2D eigenvalue weighted by molar-refractivity contribution is 0.374. The average molecular weight is 281 g/mol. The lowest BCUT2D eigenvalue weighted by Crippen LogP contribution is -2.21. The van der Waals surface area contributed by atoms with Gasteiger partial charge in [-0.15, -0.1) is 0 Å². The fourth-order valence-corrected chi connectivity index (χ4v) is 3.70. The van der Waals surface area contributed by atoms with Crippen LogP contribution in [0.1, 0.15) is 42.9 Å². The summed E-state index contributed by atoms with van der Waals surface area (Å²) in [4.78, 5) is 0. The summed E-state index contributed by atoms with van der Waals surface area (Å²) >= 11 is 0. The summed E-state index contributed by atoms with van der Waals surface area (Å²) in [5.41, 5.74) is 9.01. The molecule has 0 saturated heterocycles. The van der Waals surface area contributed by atoms with E-state index >= 15 is 0 Å². The number of hydrogen-bond donors (Lipinski definition) is 1. The molecule has 0 fully saturated rings. The van der Waals surface area contributed by atoms with Crippen LogP contribution in [0.15, 0.2) is 24.3 Å². The fourth-order valence-electron chi connectivity index (χ4n) is 3.01. The summed E-state index contributed by atoms with van der Waals surface area (Å²) in [5, 5.41) is 0. The third kappa shape index (κ3) is 4.05. The quantitative estimate of drug-likeness (QED) is 0.862. The predicted octanol–water partition coefficient (Wildman–Crippen LogP) is 2.46. The van der Waals surface area contributed by atoms with Gasteiger partial charge in [-0.1, -0.05) is 24.3 Å². The minimum Gasteiger partial charge on any atom is -0.324 e. The van der Waals surface area contributed by atoms with Gasteiger partial charge in [0.15, 0.2) is 0 Å². The molecule has 106 valence electrons. The van der Waals surface area contributed by atoms with Crippen molar-refractivity contribution in [2.75, 3.05) is 12.0 Å². The van der Waals surface area contributed by atoms with E-state index in [4.69, 9.17) is 5.73 Å². The maximum absolute atomic E-state index is 11.2. The fraction of sp³-hybridized carbons (Fsp3) is 0.600. The molecule has 0 aliphatic heterocycles. The van der Waals surface area contributed by atoms with E-state index in [1.165, 1.54) is 17.4 Å². The Balaban J connectivity index is 2.03. The number of hydrogen-bond acceptors (Lipinski definition) is 3. The van der Waals surface area contributed by atoms with Crippen LogP contribution in [0.4, 0.5) is 0 Å². The molecule has 0 bridgehead atoms. The second-order valence-corrected chi connectivity index (χ2v) is 7.91. The summed E-state index contributed by atoms with van der Waals surface area (Å²) < 4.78 is 22.4. The molecule has 1 aliphatic carbocycles. The Kier molecular flexibility index (Phi) is 4.63. The molecule has 2 unspecified atom stereocenters. The highest BCUT2D eigenvalue weighted by molar-refractivity contribution is 7.90. The second kappa shape index (κ2) is 6.06. The standard InChI is InChI=1S/C15H23NO2S/c1-19(17,18)11-5-9-13-8-4-7-12-6-2-3-10-14(12)15(13)16/h2-3,6,10,13,15H,4-5,7-9,11,16H2,1H3. The summed E-state index contributed by atoms with van der Waals surface area (Å²) in [6.45, 7) is 0. The van der Waals surface area contributed by atoms with Gasteiger partial charge in [-0.2, -0.15) is 0 Å². The molecule has 1 aliphatic rings. The average Bonchev–Trinajstić information content (AvgIpc) is 2.49. The van der Waals surface area contributed by atoms with Gasteiger partial charge in [0, 0.05) is 18.1 Å². The van der Waals surface area contributed by atoms with Crippen molar-refractivity contribution in [3.8, 4) is 0 Å². The third-order valence-electron chi connectivity index (χ3n) is 4.03. The van der Waals surface area contributed by atoms with E-state index in [1.807, 2.05) is 6.07 Å². The first kappa shape index (κ1) is 14.5. The van der Waals surface area contributed by atoms with Gasteiger partial charge in [0.2, 0.25) is 0 Å². The molecule has 19 heavy (non-hydrogen) atoms. The van der Waals surface area contributed by atoms with E-state index in [9.17, 15) is 8.42 Å². The topological polar surface area (TPSA) is 60.2 Å². The lowest BCUT2D eigenvalue weighted by Gasteiger charge is -2.22. The highest BCUT2D eigenvalue weighted by Gasteiger charge is 2.24. The van der Waals surface area contributed by atoms with Gasteiger partial charge >= 0.3 is 0 Å². The first-order chi connectivity index (χ1) is 8.97. The van der Waals surface area contributed by atoms with Gasteiger partial charge in [-0.25, -0.2) is 8.42 Å². The molecule has 0 saturated carbocycles. The van der Waals surface area contributed by atoms with Crippen molar-refractivity contribution >= 4 is 9.84 Å². The largest absolute Gasteiger partial charge is 0.324 e. The molecule has 2 rings (SSSR count). The first-order valence-electron chi connectivity index (χ1n) is 6.98. The molecule has 1 aromatic carbocycles. The molecular weight excluding hydrogens is 258 g/mol. The minimum atomic E-state index is -2.85. The molecular formula is C15H23NO2S. The number of fused-ring (bicyclic) bond motifs is 1. The van der Waals surface area contributed by atoms with Crippen molar-refractivity contribution in [2.45, 2.75) is 38.1 Å². The molecule has 0 amide bonds. The highest BCUT2D eigenvalue weighted by atomic mass is 32.2. The van der Waals surface area contributed by atoms with Crippen LogP contribution in [-0.4, -0.2) is 20.4 Å². The monoisotopic (exact) mass is 281 g/mol. The summed E-state index contributed by atoms with van der Waals surface area (Å²) in [5.74, 6) is 0.683. The van der Waals surface area contributed by atoms with Crippen LogP contribution < -0.4 is 5.73 Å². The van der Waals surface area contributed by atoms with E-state index in [2.05, 4.69) is 18.2 Å². The van der Waals surface area contributed by atoms with Gasteiger partial charge in [0.05, 0.1) is 0 Å². The smallest absolute Gasteiger partial charge is 0.147 e. The Hall–Kier alpha value is -0.870. The molecule has 3 nitrogen and oxygen atoms in total. The Bertz CT molecular complexity index is 525. The van der Waals surface area contributed by atoms with E-state index in [0.29, 0.717) is 5.92 Å². The molecule has 0 spiro atoms. The van der Waals surface area contributed by atoms with Crippen LogP contribution in [0.2, 0.25) is 0 Å². The maximum atomic E-state index is 11.2. The van der Waals surface area contributed by atoms with Crippen molar-refractivity contribution in [3.05, 3.63) is 35.4 Å². The Morgan fingerprint density at radius 1 is 1.32 bits per heavy atom. The number of benzene rings is 1. The van der Waals surface area contributed by atoms with E-state index < -0.39 is 9.84 Å². The second-order valence-electron chi connectivity index (χ2n) is 5.65. The van der Waals surface area contributed by atoms with Crippen molar-refractivity contribution in [2.24, 2.45) is 11.7 Å². The van der Waals surface area contributed by atoms with Crippen LogP contribution in [0.5, 0.6) is 0 Å². The van der Waals surface area contributed by atoms with Crippen LogP contribution >= 0.6 is 0 Å². The van der Waals surface area contributed by atoms with Crippen LogP contribution in [-0.2, 0) is 16.3 Å². The number of sulfone groups is 1. The van der Waals surface area contributed by atoms with Gasteiger partial charge in [0.25, 0.3) is 0 Å². The molecule has 0 aromatic heterocycles. The zero-order valence-corrected chi connectivity index (χ0v) is 12.3. The number of aryl methyl sites for hydroxylation is 1. The summed E-state index contributed by atoms with van der Waals surface area (Å²) in [6, 6.07) is 8.44. The third-order valence-corrected chi connectivity index (χ3v) is 5.06. The molecule has 1 aromatic rings. The van der Waals surface area contributed by atoms with Crippen molar-refractivity contribution in [3.63, 3.8) is 0 Å². The van der Waals surface area contributed by atoms with E-state index in [-0.39, 0.29) is 11.8 Å². The zero-order valence-electron chi connectivity index (χ0n) is 11.5. The number of nitrogens with two attached hydrogens (primary N) is 1. The van der Waals surface area contributed by atoms with E-state index in [0.717, 1.165) is 32.1 Å². The molecule has 2 atom stereocenters. The Labute approximate surface area is 116 Å². The first-order valence-corrected chi connectivity index (χ1v) is 9.04. The van der Waals surface area contributed by atoms with Gasteiger partial charge in [-0.3, -0.25) is 0 Å². The summed E-state index contributed by atoms with van der Waals surface area (Å²) in [6.07, 6.45) is 6.26. The van der Waals surface area contributed by atoms with Gasteiger partial charge in [-0.05, 0) is 49.1 Å². The van der Waals surface area contributed by atoms with Crippen LogP contribution in [0.3, 0.4) is 0 Å². The molecule has 0 radical (unpaired) electrons. The lowest BCUT2D eigenvalue weighted by atomic mass is 9.88. The summed E-state index contributed by atoms with van der Waals surface area (Å²) in [7, 11) is -2.85. The molecule has 4 heteroatoms. The van der Waals surface area contributed by atoms with Crippen molar-refractivity contribution < 1.29 is 8.42 Å². The van der Waals surface area contributed by atoms with Crippen molar-refractivity contribution in [1.82, 2.24) is 0 Å². The van der Waals surface area contributed by atoms with Gasteiger partial charge < -0.3 is 5.73 Å². The Morgan fingerprint density at radius 2 is 2.05 bits per heavy atom. The van der Waals surface area contributed by atoms with E-state index in [1.54, 1.807) is 0 Å². The van der Waals surface area contributed by atoms with Gasteiger partial charge in [0.1, 0.15) is 9.84 Å². The van der Waals surface area contributed by atoms with Crippen LogP contribution in [0.25, 0.3) is 0 Å². The predicted molar refractivity (Wildman–Crippen MR) is 78.7 cm³/mol. The molecule has 0 heterocycles. The van der Waals surface area contributed by atoms with Crippen molar-refractivity contribution in [1.29, 1.82) is 0 Å². The number of rotatable bonds is 4. The SMILES string of the molecule is CS(=O)(=O)CCCC1CCCc2ccccc2C1N. The maximum Gasteiger partial charge on any atom is 0.147 e. The zero-order chi connectivity index (χ0) is 13.9. The van der Waals surface area contributed by atoms with Crippen LogP contribution in [0, 0.1) is 5.92 Å².